The predicted octanol–water partition coefficient (Wildman–Crippen LogP) is 2.55. The second-order valence-corrected chi connectivity index (χ2v) is 3.66. The Morgan fingerprint density at radius 1 is 1.25 bits per heavy atom. The van der Waals surface area contributed by atoms with Crippen LogP contribution >= 0.6 is 0 Å². The van der Waals surface area contributed by atoms with Crippen LogP contribution in [0.1, 0.15) is 11.5 Å². The number of nitrogens with zero attached hydrogens (tertiary/aromatic N) is 1. The van der Waals surface area contributed by atoms with Gasteiger partial charge in [-0.2, -0.15) is 0 Å². The van der Waals surface area contributed by atoms with Crippen LogP contribution in [-0.2, 0) is 0 Å². The molecule has 0 fully saturated rings. The van der Waals surface area contributed by atoms with Crippen molar-refractivity contribution >= 4 is 5.69 Å². The molecule has 0 unspecified atom stereocenters. The maximum atomic E-state index is 5.77. The van der Waals surface area contributed by atoms with Gasteiger partial charge in [-0.25, -0.2) is 4.98 Å². The van der Waals surface area contributed by atoms with Gasteiger partial charge in [0.05, 0.1) is 12.8 Å². The summed E-state index contributed by atoms with van der Waals surface area (Å²) in [5, 5.41) is 0. The maximum Gasteiger partial charge on any atom is 0.226 e. The molecular formula is C12H14N2O2. The van der Waals surface area contributed by atoms with Crippen molar-refractivity contribution in [3.63, 3.8) is 0 Å². The van der Waals surface area contributed by atoms with Gasteiger partial charge in [-0.3, -0.25) is 0 Å². The molecule has 0 saturated heterocycles. The van der Waals surface area contributed by atoms with Gasteiger partial charge in [0.2, 0.25) is 5.89 Å². The zero-order chi connectivity index (χ0) is 11.7. The Morgan fingerprint density at radius 2 is 2.00 bits per heavy atom. The molecule has 2 N–H and O–H groups in total. The lowest BCUT2D eigenvalue weighted by Gasteiger charge is -2.03. The third-order valence-electron chi connectivity index (χ3n) is 2.44. The molecule has 0 amide bonds. The number of rotatable bonds is 2. The molecule has 0 saturated carbocycles. The fraction of sp³-hybridized carbons (Fsp3) is 0.250. The Kier molecular flexibility index (Phi) is 2.56. The molecule has 84 valence electrons. The van der Waals surface area contributed by atoms with Gasteiger partial charge in [-0.1, -0.05) is 0 Å². The van der Waals surface area contributed by atoms with Gasteiger partial charge in [0, 0.05) is 17.3 Å². The smallest absolute Gasteiger partial charge is 0.226 e. The normalized spacial score (nSPS) is 10.4. The van der Waals surface area contributed by atoms with Crippen LogP contribution in [0.3, 0.4) is 0 Å². The Balaban J connectivity index is 2.50. The first-order valence-corrected chi connectivity index (χ1v) is 4.99. The Hall–Kier alpha value is -1.97. The summed E-state index contributed by atoms with van der Waals surface area (Å²) in [6.45, 7) is 3.79. The van der Waals surface area contributed by atoms with Crippen molar-refractivity contribution in [2.24, 2.45) is 0 Å². The average molecular weight is 218 g/mol. The number of nitrogen functional groups attached to an aromatic ring is 1. The highest BCUT2D eigenvalue weighted by molar-refractivity contribution is 5.63. The number of nitrogens with two attached hydrogens (primary N) is 1. The predicted molar refractivity (Wildman–Crippen MR) is 62.4 cm³/mol. The van der Waals surface area contributed by atoms with Gasteiger partial charge in [-0.05, 0) is 26.0 Å². The summed E-state index contributed by atoms with van der Waals surface area (Å²) in [4.78, 5) is 4.32. The van der Waals surface area contributed by atoms with E-state index in [1.807, 2.05) is 26.0 Å². The van der Waals surface area contributed by atoms with Crippen molar-refractivity contribution in [2.45, 2.75) is 13.8 Å². The fourth-order valence-corrected chi connectivity index (χ4v) is 1.46. The second-order valence-electron chi connectivity index (χ2n) is 3.66. The van der Waals surface area contributed by atoms with Crippen LogP contribution in [0.15, 0.2) is 22.6 Å². The highest BCUT2D eigenvalue weighted by atomic mass is 16.5. The average Bonchev–Trinajstić information content (AvgIpc) is 2.58. The van der Waals surface area contributed by atoms with E-state index in [2.05, 4.69) is 4.98 Å². The van der Waals surface area contributed by atoms with Crippen molar-refractivity contribution < 1.29 is 9.15 Å². The van der Waals surface area contributed by atoms with Crippen LogP contribution in [0.4, 0.5) is 5.69 Å². The number of ether oxygens (including phenoxy) is 1. The molecule has 0 spiro atoms. The number of hydrogen-bond donors (Lipinski definition) is 1. The monoisotopic (exact) mass is 218 g/mol. The lowest BCUT2D eigenvalue weighted by molar-refractivity contribution is 0.415. The molecule has 0 aliphatic heterocycles. The Morgan fingerprint density at radius 3 is 2.56 bits per heavy atom. The molecule has 1 aromatic carbocycles. The summed E-state index contributed by atoms with van der Waals surface area (Å²) >= 11 is 0. The summed E-state index contributed by atoms with van der Waals surface area (Å²) < 4.78 is 10.7. The van der Waals surface area contributed by atoms with Gasteiger partial charge in [0.25, 0.3) is 0 Å². The Labute approximate surface area is 94.1 Å². The van der Waals surface area contributed by atoms with Gasteiger partial charge >= 0.3 is 0 Å². The highest BCUT2D eigenvalue weighted by Gasteiger charge is 2.09. The molecule has 0 bridgehead atoms. The summed E-state index contributed by atoms with van der Waals surface area (Å²) in [5.74, 6) is 2.08. The van der Waals surface area contributed by atoms with E-state index in [0.29, 0.717) is 17.3 Å². The first-order chi connectivity index (χ1) is 7.60. The van der Waals surface area contributed by atoms with E-state index in [4.69, 9.17) is 14.9 Å². The molecule has 0 radical (unpaired) electrons. The molecule has 4 heteroatoms. The zero-order valence-electron chi connectivity index (χ0n) is 9.57. The second kappa shape index (κ2) is 3.89. The fourth-order valence-electron chi connectivity index (χ4n) is 1.46. The molecule has 0 aliphatic carbocycles. The third-order valence-corrected chi connectivity index (χ3v) is 2.44. The lowest BCUT2D eigenvalue weighted by Crippen LogP contribution is -1.90. The molecule has 1 aromatic heterocycles. The molecule has 0 aliphatic rings. The highest BCUT2D eigenvalue weighted by Crippen LogP contribution is 2.27. The van der Waals surface area contributed by atoms with E-state index in [9.17, 15) is 0 Å². The molecule has 4 nitrogen and oxygen atoms in total. The largest absolute Gasteiger partial charge is 0.497 e. The van der Waals surface area contributed by atoms with Crippen molar-refractivity contribution in [3.05, 3.63) is 29.7 Å². The summed E-state index contributed by atoms with van der Waals surface area (Å²) in [6, 6.07) is 5.42. The molecule has 2 rings (SSSR count). The van der Waals surface area contributed by atoms with Gasteiger partial charge in [0.1, 0.15) is 11.5 Å². The molecular weight excluding hydrogens is 204 g/mol. The third kappa shape index (κ3) is 1.86. The quantitative estimate of drug-likeness (QED) is 0.787. The molecule has 16 heavy (non-hydrogen) atoms. The van der Waals surface area contributed by atoms with Crippen LogP contribution in [0, 0.1) is 13.8 Å². The van der Waals surface area contributed by atoms with Crippen LogP contribution in [0.5, 0.6) is 5.75 Å². The number of hydrogen-bond acceptors (Lipinski definition) is 4. The van der Waals surface area contributed by atoms with Crippen LogP contribution in [-0.4, -0.2) is 12.1 Å². The van der Waals surface area contributed by atoms with Gasteiger partial charge in [-0.15, -0.1) is 0 Å². The van der Waals surface area contributed by atoms with Crippen LogP contribution in [0.25, 0.3) is 11.5 Å². The SMILES string of the molecule is COc1cc(N)cc(-c2nc(C)c(C)o2)c1. The number of anilines is 1. The Bertz CT molecular complexity index is 498. The van der Waals surface area contributed by atoms with E-state index in [1.165, 1.54) is 0 Å². The minimum absolute atomic E-state index is 0.570. The zero-order valence-corrected chi connectivity index (χ0v) is 9.57. The maximum absolute atomic E-state index is 5.77. The first-order valence-electron chi connectivity index (χ1n) is 4.99. The summed E-state index contributed by atoms with van der Waals surface area (Å²) in [5.41, 5.74) is 8.11. The number of oxazole rings is 1. The van der Waals surface area contributed by atoms with Gasteiger partial charge < -0.3 is 14.9 Å². The summed E-state index contributed by atoms with van der Waals surface area (Å²) in [7, 11) is 1.60. The van der Waals surface area contributed by atoms with E-state index < -0.39 is 0 Å². The minimum Gasteiger partial charge on any atom is -0.497 e. The topological polar surface area (TPSA) is 61.3 Å². The van der Waals surface area contributed by atoms with Crippen molar-refractivity contribution in [2.75, 3.05) is 12.8 Å². The van der Waals surface area contributed by atoms with Gasteiger partial charge in [0.15, 0.2) is 0 Å². The molecule has 0 atom stereocenters. The summed E-state index contributed by atoms with van der Waals surface area (Å²) in [6.07, 6.45) is 0. The number of methoxy groups -OCH3 is 1. The standard InChI is InChI=1S/C12H14N2O2/c1-7-8(2)16-12(14-7)9-4-10(13)6-11(5-9)15-3/h4-6H,13H2,1-3H3. The van der Waals surface area contributed by atoms with E-state index in [-0.39, 0.29) is 0 Å². The van der Waals surface area contributed by atoms with Crippen LogP contribution < -0.4 is 10.5 Å². The number of aryl methyl sites for hydroxylation is 2. The number of benzene rings is 1. The van der Waals surface area contributed by atoms with Crippen molar-refractivity contribution in [1.82, 2.24) is 4.98 Å². The van der Waals surface area contributed by atoms with E-state index in [1.54, 1.807) is 13.2 Å². The molecule has 2 aromatic rings. The van der Waals surface area contributed by atoms with E-state index in [0.717, 1.165) is 17.0 Å². The minimum atomic E-state index is 0.570. The lowest BCUT2D eigenvalue weighted by atomic mass is 10.2. The van der Waals surface area contributed by atoms with Crippen molar-refractivity contribution in [1.29, 1.82) is 0 Å². The first kappa shape index (κ1) is 10.5. The van der Waals surface area contributed by atoms with Crippen molar-refractivity contribution in [3.8, 4) is 17.2 Å². The van der Waals surface area contributed by atoms with Crippen LogP contribution in [0.2, 0.25) is 0 Å². The molecule has 1 heterocycles. The number of aromatic nitrogens is 1. The van der Waals surface area contributed by atoms with E-state index >= 15 is 0 Å².